The molecule has 0 aliphatic carbocycles. The highest BCUT2D eigenvalue weighted by Crippen LogP contribution is 2.25. The van der Waals surface area contributed by atoms with E-state index in [0.717, 1.165) is 30.0 Å². The van der Waals surface area contributed by atoms with E-state index in [1.807, 2.05) is 0 Å². The Balaban J connectivity index is 2.24. The molecular formula is C23H31FN2O4S. The molecule has 0 fully saturated rings. The van der Waals surface area contributed by atoms with Gasteiger partial charge in [0.05, 0.1) is 17.7 Å². The van der Waals surface area contributed by atoms with Crippen LogP contribution in [0, 0.1) is 11.7 Å². The second-order valence-electron chi connectivity index (χ2n) is 7.38. The first kappa shape index (κ1) is 24.7. The van der Waals surface area contributed by atoms with Gasteiger partial charge in [0, 0.05) is 6.54 Å². The molecule has 2 aromatic carbocycles. The molecule has 0 unspecified atom stereocenters. The van der Waals surface area contributed by atoms with Crippen molar-refractivity contribution in [2.24, 2.45) is 5.92 Å². The van der Waals surface area contributed by atoms with Crippen molar-refractivity contribution in [3.63, 3.8) is 0 Å². The van der Waals surface area contributed by atoms with Gasteiger partial charge in [-0.05, 0) is 60.9 Å². The Bertz CT molecular complexity index is 931. The van der Waals surface area contributed by atoms with Crippen LogP contribution in [0.4, 0.5) is 10.1 Å². The van der Waals surface area contributed by atoms with Crippen molar-refractivity contribution in [2.45, 2.75) is 44.4 Å². The highest BCUT2D eigenvalue weighted by Gasteiger charge is 2.27. The van der Waals surface area contributed by atoms with Gasteiger partial charge in [-0.1, -0.05) is 33.1 Å². The summed E-state index contributed by atoms with van der Waals surface area (Å²) in [7, 11) is -2.56. The fraction of sp³-hybridized carbons (Fsp3) is 0.435. The Kier molecular flexibility index (Phi) is 9.30. The average Bonchev–Trinajstić information content (AvgIpc) is 2.78. The van der Waals surface area contributed by atoms with Gasteiger partial charge in [0.1, 0.15) is 18.1 Å². The Labute approximate surface area is 184 Å². The van der Waals surface area contributed by atoms with E-state index in [1.54, 1.807) is 0 Å². The monoisotopic (exact) mass is 450 g/mol. The second-order valence-corrected chi connectivity index (χ2v) is 9.25. The number of hydrogen-bond donors (Lipinski definition) is 1. The number of amides is 1. The number of benzene rings is 2. The van der Waals surface area contributed by atoms with Crippen molar-refractivity contribution in [3.05, 3.63) is 54.3 Å². The lowest BCUT2D eigenvalue weighted by molar-refractivity contribution is -0.119. The molecule has 2 rings (SSSR count). The Morgan fingerprint density at radius 2 is 1.74 bits per heavy atom. The minimum Gasteiger partial charge on any atom is -0.497 e. The number of nitrogens with zero attached hydrogens (tertiary/aromatic N) is 1. The quantitative estimate of drug-likeness (QED) is 0.521. The fourth-order valence-corrected chi connectivity index (χ4v) is 4.61. The van der Waals surface area contributed by atoms with Crippen molar-refractivity contribution < 1.29 is 22.3 Å². The maximum Gasteiger partial charge on any atom is 0.264 e. The van der Waals surface area contributed by atoms with Crippen LogP contribution in [0.1, 0.15) is 39.5 Å². The summed E-state index contributed by atoms with van der Waals surface area (Å²) in [4.78, 5) is 12.7. The normalized spacial score (nSPS) is 12.3. The van der Waals surface area contributed by atoms with Gasteiger partial charge >= 0.3 is 0 Å². The molecule has 0 heterocycles. The van der Waals surface area contributed by atoms with Crippen LogP contribution in [0.3, 0.4) is 0 Å². The second kappa shape index (κ2) is 11.7. The van der Waals surface area contributed by atoms with E-state index in [2.05, 4.69) is 19.2 Å². The maximum absolute atomic E-state index is 13.4. The van der Waals surface area contributed by atoms with Gasteiger partial charge in [0.15, 0.2) is 0 Å². The minimum absolute atomic E-state index is 0.0137. The van der Waals surface area contributed by atoms with Gasteiger partial charge in [-0.2, -0.15) is 0 Å². The SMILES string of the molecule is CCCC[C@@H](CC)CNC(=O)CN(c1ccc(F)cc1)S(=O)(=O)c1ccc(OC)cc1. The number of halogens is 1. The summed E-state index contributed by atoms with van der Waals surface area (Å²) in [5, 5.41) is 2.86. The van der Waals surface area contributed by atoms with E-state index in [9.17, 15) is 17.6 Å². The maximum atomic E-state index is 13.4. The lowest BCUT2D eigenvalue weighted by atomic mass is 9.99. The van der Waals surface area contributed by atoms with Gasteiger partial charge in [0.2, 0.25) is 5.91 Å². The van der Waals surface area contributed by atoms with Crippen LogP contribution in [-0.2, 0) is 14.8 Å². The van der Waals surface area contributed by atoms with Gasteiger partial charge in [-0.3, -0.25) is 9.10 Å². The molecule has 170 valence electrons. The van der Waals surface area contributed by atoms with E-state index in [-0.39, 0.29) is 10.6 Å². The molecule has 8 heteroatoms. The predicted octanol–water partition coefficient (Wildman–Crippen LogP) is 4.36. The summed E-state index contributed by atoms with van der Waals surface area (Å²) in [6, 6.07) is 10.9. The zero-order valence-corrected chi connectivity index (χ0v) is 19.1. The largest absolute Gasteiger partial charge is 0.497 e. The lowest BCUT2D eigenvalue weighted by Crippen LogP contribution is -2.42. The molecule has 0 aliphatic rings. The van der Waals surface area contributed by atoms with Crippen molar-refractivity contribution in [1.29, 1.82) is 0 Å². The summed E-state index contributed by atoms with van der Waals surface area (Å²) in [5.41, 5.74) is 0.213. The molecule has 0 saturated heterocycles. The van der Waals surface area contributed by atoms with E-state index in [1.165, 1.54) is 55.6 Å². The van der Waals surface area contributed by atoms with Gasteiger partial charge < -0.3 is 10.1 Å². The number of sulfonamides is 1. The first-order valence-electron chi connectivity index (χ1n) is 10.5. The molecule has 31 heavy (non-hydrogen) atoms. The molecule has 1 atom stereocenters. The fourth-order valence-electron chi connectivity index (χ4n) is 3.19. The van der Waals surface area contributed by atoms with E-state index in [0.29, 0.717) is 18.2 Å². The molecule has 1 N–H and O–H groups in total. The molecule has 6 nitrogen and oxygen atoms in total. The highest BCUT2D eigenvalue weighted by molar-refractivity contribution is 7.92. The van der Waals surface area contributed by atoms with Crippen LogP contribution < -0.4 is 14.4 Å². The standard InChI is InChI=1S/C23H31FN2O4S/c1-4-6-7-18(5-2)16-25-23(27)17-26(20-10-8-19(24)9-11-20)31(28,29)22-14-12-21(30-3)13-15-22/h8-15,18H,4-7,16-17H2,1-3H3,(H,25,27)/t18-/m1/s1. The topological polar surface area (TPSA) is 75.7 Å². The third-order valence-corrected chi connectivity index (χ3v) is 6.97. The summed E-state index contributed by atoms with van der Waals surface area (Å²) >= 11 is 0. The highest BCUT2D eigenvalue weighted by atomic mass is 32.2. The number of rotatable bonds is 12. The van der Waals surface area contributed by atoms with Crippen molar-refractivity contribution in [3.8, 4) is 5.75 Å². The molecule has 0 radical (unpaired) electrons. The third-order valence-electron chi connectivity index (χ3n) is 5.18. The zero-order valence-electron chi connectivity index (χ0n) is 18.3. The lowest BCUT2D eigenvalue weighted by Gasteiger charge is -2.25. The third kappa shape index (κ3) is 6.95. The van der Waals surface area contributed by atoms with Gasteiger partial charge in [-0.25, -0.2) is 12.8 Å². The number of carbonyl (C=O) groups is 1. The molecular weight excluding hydrogens is 419 g/mol. The van der Waals surface area contributed by atoms with Crippen LogP contribution in [0.5, 0.6) is 5.75 Å². The predicted molar refractivity (Wildman–Crippen MR) is 120 cm³/mol. The smallest absolute Gasteiger partial charge is 0.264 e. The summed E-state index contributed by atoms with van der Waals surface area (Å²) in [5.74, 6) is -0.0304. The summed E-state index contributed by atoms with van der Waals surface area (Å²) in [6.07, 6.45) is 4.12. The molecule has 0 spiro atoms. The van der Waals surface area contributed by atoms with Crippen LogP contribution in [-0.4, -0.2) is 34.5 Å². The van der Waals surface area contributed by atoms with Crippen molar-refractivity contribution in [2.75, 3.05) is 24.5 Å². The van der Waals surface area contributed by atoms with Crippen molar-refractivity contribution in [1.82, 2.24) is 5.32 Å². The van der Waals surface area contributed by atoms with Gasteiger partial charge in [-0.15, -0.1) is 0 Å². The van der Waals surface area contributed by atoms with E-state index < -0.39 is 28.3 Å². The molecule has 0 saturated carbocycles. The first-order chi connectivity index (χ1) is 14.8. The number of carbonyl (C=O) groups excluding carboxylic acids is 1. The Morgan fingerprint density at radius 3 is 2.29 bits per heavy atom. The van der Waals surface area contributed by atoms with E-state index in [4.69, 9.17) is 4.74 Å². The number of unbranched alkanes of at least 4 members (excludes halogenated alkanes) is 1. The molecule has 2 aromatic rings. The van der Waals surface area contributed by atoms with Crippen LogP contribution in [0.25, 0.3) is 0 Å². The molecule has 0 bridgehead atoms. The molecule has 0 aromatic heterocycles. The summed E-state index contributed by atoms with van der Waals surface area (Å²) < 4.78 is 46.1. The molecule has 0 aliphatic heterocycles. The molecule has 1 amide bonds. The number of methoxy groups -OCH3 is 1. The Morgan fingerprint density at radius 1 is 1.10 bits per heavy atom. The number of anilines is 1. The van der Waals surface area contributed by atoms with Crippen LogP contribution in [0.15, 0.2) is 53.4 Å². The van der Waals surface area contributed by atoms with Gasteiger partial charge in [0.25, 0.3) is 10.0 Å². The number of nitrogens with one attached hydrogen (secondary N) is 1. The average molecular weight is 451 g/mol. The van der Waals surface area contributed by atoms with Crippen molar-refractivity contribution >= 4 is 21.6 Å². The van der Waals surface area contributed by atoms with Crippen LogP contribution >= 0.6 is 0 Å². The zero-order chi connectivity index (χ0) is 22.9. The number of ether oxygens (including phenoxy) is 1. The van der Waals surface area contributed by atoms with Crippen LogP contribution in [0.2, 0.25) is 0 Å². The van der Waals surface area contributed by atoms with E-state index >= 15 is 0 Å². The Hall–Kier alpha value is -2.61. The number of hydrogen-bond acceptors (Lipinski definition) is 4. The minimum atomic E-state index is -4.05. The first-order valence-corrected chi connectivity index (χ1v) is 11.9. The summed E-state index contributed by atoms with van der Waals surface area (Å²) in [6.45, 7) is 4.29.